The van der Waals surface area contributed by atoms with Crippen LogP contribution in [-0.4, -0.2) is 5.98 Å². The van der Waals surface area contributed by atoms with E-state index in [0.29, 0.717) is 0 Å². The zero-order chi connectivity index (χ0) is 16.3. The normalized spacial score (nSPS) is 17.0. The number of allylic oxidation sites excluding steroid dienone is 8. The van der Waals surface area contributed by atoms with Crippen molar-refractivity contribution in [2.45, 2.75) is 79.3 Å². The third kappa shape index (κ3) is 5.45. The van der Waals surface area contributed by atoms with E-state index in [2.05, 4.69) is 52.9 Å². The van der Waals surface area contributed by atoms with Crippen LogP contribution >= 0.6 is 0 Å². The van der Waals surface area contributed by atoms with Crippen LogP contribution < -0.4 is 9.41 Å². The average molecular weight is 518 g/mol. The third-order valence-corrected chi connectivity index (χ3v) is 32.3. The van der Waals surface area contributed by atoms with Gasteiger partial charge >= 0.3 is 147 Å². The molecule has 4 heteroatoms. The van der Waals surface area contributed by atoms with Gasteiger partial charge in [-0.1, -0.05) is 0 Å². The van der Waals surface area contributed by atoms with Gasteiger partial charge in [-0.25, -0.2) is 0 Å². The van der Waals surface area contributed by atoms with E-state index in [-0.39, 0.29) is 9.41 Å². The molecule has 2 aliphatic rings. The molecule has 0 atom stereocenters. The summed E-state index contributed by atoms with van der Waals surface area (Å²) in [5.74, 6) is -0.543. The Hall–Kier alpha value is -0.0930. The van der Waals surface area contributed by atoms with Crippen LogP contribution in [0.5, 0.6) is 0 Å². The van der Waals surface area contributed by atoms with Gasteiger partial charge in [0.1, 0.15) is 0 Å². The van der Waals surface area contributed by atoms with E-state index in [1.807, 2.05) is 6.66 Å². The fourth-order valence-corrected chi connectivity index (χ4v) is 33.8. The predicted octanol–water partition coefficient (Wildman–Crippen LogP) is 0.404. The molecule has 0 aromatic heterocycles. The molecular formula is C20H33F2HfSi. The van der Waals surface area contributed by atoms with Gasteiger partial charge in [0.2, 0.25) is 0 Å². The Bertz CT molecular complexity index is 510. The minimum atomic E-state index is -1.76. The number of hydrogen-bond acceptors (Lipinski definition) is 0. The van der Waals surface area contributed by atoms with Gasteiger partial charge in [0.05, 0.1) is 0 Å². The summed E-state index contributed by atoms with van der Waals surface area (Å²) in [4.78, 5) is 0. The second-order valence-corrected chi connectivity index (χ2v) is 34.2. The van der Waals surface area contributed by atoms with Crippen LogP contribution in [0.2, 0.25) is 13.1 Å². The first-order valence-corrected chi connectivity index (χ1v) is 21.8. The number of hydrogen-bond donors (Lipinski definition) is 0. The van der Waals surface area contributed by atoms with E-state index in [1.165, 1.54) is 38.5 Å². The molecule has 0 bridgehead atoms. The van der Waals surface area contributed by atoms with Gasteiger partial charge in [-0.15, -0.1) is 0 Å². The van der Waals surface area contributed by atoms with E-state index < -0.39 is 26.6 Å². The third-order valence-electron chi connectivity index (χ3n) is 4.79. The molecule has 0 aromatic rings. The van der Waals surface area contributed by atoms with Gasteiger partial charge in [-0.05, 0) is 0 Å². The molecule has 0 aromatic carbocycles. The van der Waals surface area contributed by atoms with Crippen molar-refractivity contribution >= 4 is 5.98 Å². The molecule has 0 unspecified atom stereocenters. The van der Waals surface area contributed by atoms with E-state index in [9.17, 15) is 0 Å². The van der Waals surface area contributed by atoms with Crippen molar-refractivity contribution in [1.29, 1.82) is 0 Å². The summed E-state index contributed by atoms with van der Waals surface area (Å²) in [6, 6.07) is 0. The van der Waals surface area contributed by atoms with Crippen LogP contribution in [0.15, 0.2) is 41.1 Å². The molecule has 0 saturated carbocycles. The first-order chi connectivity index (χ1) is 10.5. The fraction of sp³-hybridized carbons (Fsp3) is 0.600. The molecule has 0 heterocycles. The van der Waals surface area contributed by atoms with Gasteiger partial charge in [-0.2, -0.15) is 0 Å². The molecule has 24 heavy (non-hydrogen) atoms. The first kappa shape index (κ1) is 23.9. The van der Waals surface area contributed by atoms with Crippen molar-refractivity contribution < 1.29 is 30.0 Å². The van der Waals surface area contributed by atoms with Crippen LogP contribution in [0, 0.1) is 0 Å². The molecule has 135 valence electrons. The van der Waals surface area contributed by atoms with E-state index in [0.717, 1.165) is 0 Å². The first-order valence-electron chi connectivity index (χ1n) is 9.13. The van der Waals surface area contributed by atoms with Crippen LogP contribution in [0.25, 0.3) is 0 Å². The van der Waals surface area contributed by atoms with Gasteiger partial charge in [-0.3, -0.25) is 0 Å². The minimum Gasteiger partial charge on any atom is -1.00 e. The molecule has 0 fully saturated rings. The summed E-state index contributed by atoms with van der Waals surface area (Å²) in [5.41, 5.74) is 6.82. The van der Waals surface area contributed by atoms with Crippen molar-refractivity contribution in [1.82, 2.24) is 0 Å². The zero-order valence-electron chi connectivity index (χ0n) is 16.2. The largest absolute Gasteiger partial charge is 1.00 e. The molecule has 0 saturated heterocycles. The van der Waals surface area contributed by atoms with Crippen molar-refractivity contribution in [3.63, 3.8) is 0 Å². The molecule has 0 radical (unpaired) electrons. The van der Waals surface area contributed by atoms with E-state index >= 15 is 0 Å². The van der Waals surface area contributed by atoms with Gasteiger partial charge < -0.3 is 9.41 Å². The summed E-state index contributed by atoms with van der Waals surface area (Å²) in [6.45, 7) is 14.7. The Morgan fingerprint density at radius 2 is 1.21 bits per heavy atom. The molecule has 0 nitrogen and oxygen atoms in total. The smallest absolute Gasteiger partial charge is 1.00 e. The predicted molar refractivity (Wildman–Crippen MR) is 99.5 cm³/mol. The second-order valence-electron chi connectivity index (χ2n) is 7.41. The van der Waals surface area contributed by atoms with Crippen molar-refractivity contribution in [2.24, 2.45) is 0 Å². The van der Waals surface area contributed by atoms with Crippen LogP contribution in [-0.2, 0) is 20.6 Å². The summed E-state index contributed by atoms with van der Waals surface area (Å²) < 4.78 is 4.02. The Labute approximate surface area is 156 Å². The molecule has 0 spiro atoms. The number of rotatable bonds is 7. The quantitative estimate of drug-likeness (QED) is 0.429. The Balaban J connectivity index is 0.00000264. The Morgan fingerprint density at radius 1 is 0.833 bits per heavy atom. The number of halogens is 2. The Kier molecular flexibility index (Phi) is 10.8. The van der Waals surface area contributed by atoms with Crippen molar-refractivity contribution in [2.75, 3.05) is 0 Å². The molecule has 2 aliphatic carbocycles. The van der Waals surface area contributed by atoms with Gasteiger partial charge in [0.15, 0.2) is 0 Å². The maximum Gasteiger partial charge on any atom is -1.00 e. The van der Waals surface area contributed by atoms with E-state index in [4.69, 9.17) is 0 Å². The summed E-state index contributed by atoms with van der Waals surface area (Å²) in [6.07, 6.45) is 13.0. The summed E-state index contributed by atoms with van der Waals surface area (Å²) in [7, 11) is 0. The maximum atomic E-state index is 2.65. The molecule has 0 amide bonds. The maximum absolute atomic E-state index is 2.65. The standard InChI is InChI=1S/2C9H13.C2H7Si.2FH.Hf/c2*1-3-4-9-6-5-8(2)7-9;1-3-2;;;/h2*7H,3-5H2,1-2H3;3H,1-2H3;2*1H;/q;;;;;+2/p-2. The van der Waals surface area contributed by atoms with Crippen LogP contribution in [0.1, 0.15) is 66.2 Å². The average Bonchev–Trinajstić information content (AvgIpc) is 2.95. The Morgan fingerprint density at radius 3 is 1.50 bits per heavy atom. The SMILES string of the molecule is CCCC1=[C]([Hf+2]([C]2=C(CCC)C=C(C)C2)[SiH](C)C)CC(C)=C1.[F-].[F-]. The van der Waals surface area contributed by atoms with Gasteiger partial charge in [0, 0.05) is 0 Å². The minimum absolute atomic E-state index is 0. The van der Waals surface area contributed by atoms with E-state index in [1.54, 1.807) is 22.3 Å². The van der Waals surface area contributed by atoms with Crippen molar-refractivity contribution in [3.05, 3.63) is 41.1 Å². The van der Waals surface area contributed by atoms with Crippen molar-refractivity contribution in [3.8, 4) is 0 Å². The topological polar surface area (TPSA) is 0 Å². The summed E-state index contributed by atoms with van der Waals surface area (Å²) in [5, 5.41) is 0. The molecule has 2 rings (SSSR count). The second kappa shape index (κ2) is 10.8. The fourth-order valence-electron chi connectivity index (χ4n) is 4.06. The molecule has 0 aliphatic heterocycles. The van der Waals surface area contributed by atoms with Gasteiger partial charge in [0.25, 0.3) is 0 Å². The monoisotopic (exact) mass is 519 g/mol. The molecular weight excluding hydrogens is 485 g/mol. The zero-order valence-corrected chi connectivity index (χ0v) is 21.0. The molecule has 0 N–H and O–H groups in total. The summed E-state index contributed by atoms with van der Waals surface area (Å²) >= 11 is -1.76. The van der Waals surface area contributed by atoms with Crippen LogP contribution in [0.3, 0.4) is 0 Å². The van der Waals surface area contributed by atoms with Crippen LogP contribution in [0.4, 0.5) is 0 Å².